The van der Waals surface area contributed by atoms with Crippen LogP contribution in [0.15, 0.2) is 54.6 Å². The summed E-state index contributed by atoms with van der Waals surface area (Å²) in [6.45, 7) is 4.95. The molecule has 5 heteroatoms. The highest BCUT2D eigenvalue weighted by atomic mass is 16.5. The Hall–Kier alpha value is -2.53. The molecule has 2 aromatic carbocycles. The zero-order chi connectivity index (χ0) is 17.9. The smallest absolute Gasteiger partial charge is 0.234 e. The number of hydrogen-bond donors (Lipinski definition) is 1. The summed E-state index contributed by atoms with van der Waals surface area (Å²) in [5.74, 6) is 1.56. The number of benzene rings is 2. The van der Waals surface area contributed by atoms with Crippen molar-refractivity contribution in [3.05, 3.63) is 60.2 Å². The molecule has 0 aromatic heterocycles. The molecule has 25 heavy (non-hydrogen) atoms. The average molecular weight is 342 g/mol. The van der Waals surface area contributed by atoms with Crippen LogP contribution in [0.25, 0.3) is 0 Å². The SMILES string of the molecule is CCN(CC(=O)NCCOc1ccc(OC)cc1)Cc1ccccc1. The second-order valence-corrected chi connectivity index (χ2v) is 5.66. The topological polar surface area (TPSA) is 50.8 Å². The fourth-order valence-corrected chi connectivity index (χ4v) is 2.41. The van der Waals surface area contributed by atoms with Crippen molar-refractivity contribution in [2.45, 2.75) is 13.5 Å². The van der Waals surface area contributed by atoms with Crippen molar-refractivity contribution in [2.24, 2.45) is 0 Å². The summed E-state index contributed by atoms with van der Waals surface area (Å²) < 4.78 is 10.7. The van der Waals surface area contributed by atoms with E-state index in [9.17, 15) is 4.79 Å². The van der Waals surface area contributed by atoms with Gasteiger partial charge in [-0.05, 0) is 36.4 Å². The summed E-state index contributed by atoms with van der Waals surface area (Å²) in [6.07, 6.45) is 0. The molecular formula is C20H26N2O3. The van der Waals surface area contributed by atoms with Crippen molar-refractivity contribution in [3.8, 4) is 11.5 Å². The Bertz CT molecular complexity index is 629. The highest BCUT2D eigenvalue weighted by Gasteiger charge is 2.09. The first-order valence-corrected chi connectivity index (χ1v) is 8.51. The van der Waals surface area contributed by atoms with Gasteiger partial charge >= 0.3 is 0 Å². The number of nitrogens with one attached hydrogen (secondary N) is 1. The Morgan fingerprint density at radius 1 is 1.04 bits per heavy atom. The average Bonchev–Trinajstić information content (AvgIpc) is 2.66. The van der Waals surface area contributed by atoms with Crippen LogP contribution in [0.2, 0.25) is 0 Å². The number of methoxy groups -OCH3 is 1. The van der Waals surface area contributed by atoms with E-state index >= 15 is 0 Å². The van der Waals surface area contributed by atoms with E-state index in [-0.39, 0.29) is 5.91 Å². The number of amides is 1. The molecule has 0 heterocycles. The minimum Gasteiger partial charge on any atom is -0.497 e. The third kappa shape index (κ3) is 6.85. The molecule has 1 amide bonds. The summed E-state index contributed by atoms with van der Waals surface area (Å²) in [5.41, 5.74) is 1.21. The molecule has 0 aliphatic heterocycles. The number of likely N-dealkylation sites (N-methyl/N-ethyl adjacent to an activating group) is 1. The first-order valence-electron chi connectivity index (χ1n) is 8.51. The maximum Gasteiger partial charge on any atom is 0.234 e. The molecule has 5 nitrogen and oxygen atoms in total. The fraction of sp³-hybridized carbons (Fsp3) is 0.350. The number of carbonyl (C=O) groups is 1. The van der Waals surface area contributed by atoms with Crippen LogP contribution in [0.4, 0.5) is 0 Å². The van der Waals surface area contributed by atoms with Gasteiger partial charge < -0.3 is 14.8 Å². The molecule has 0 saturated carbocycles. The molecule has 0 aliphatic carbocycles. The largest absolute Gasteiger partial charge is 0.497 e. The Balaban J connectivity index is 1.66. The second kappa shape index (κ2) is 10.4. The van der Waals surface area contributed by atoms with Crippen LogP contribution in [0.5, 0.6) is 11.5 Å². The van der Waals surface area contributed by atoms with Crippen molar-refractivity contribution in [3.63, 3.8) is 0 Å². The summed E-state index contributed by atoms with van der Waals surface area (Å²) in [4.78, 5) is 14.2. The zero-order valence-corrected chi connectivity index (χ0v) is 14.9. The Kier molecular flexibility index (Phi) is 7.79. The number of hydrogen-bond acceptors (Lipinski definition) is 4. The minimum atomic E-state index is 0.0103. The van der Waals surface area contributed by atoms with Crippen LogP contribution in [0, 0.1) is 0 Å². The van der Waals surface area contributed by atoms with E-state index in [2.05, 4.69) is 29.3 Å². The third-order valence-electron chi connectivity index (χ3n) is 3.82. The summed E-state index contributed by atoms with van der Waals surface area (Å²) in [7, 11) is 1.63. The van der Waals surface area contributed by atoms with Gasteiger partial charge in [-0.3, -0.25) is 9.69 Å². The molecule has 0 fully saturated rings. The number of rotatable bonds is 10. The van der Waals surface area contributed by atoms with Crippen molar-refractivity contribution < 1.29 is 14.3 Å². The molecule has 1 N–H and O–H groups in total. The van der Waals surface area contributed by atoms with E-state index in [1.807, 2.05) is 42.5 Å². The van der Waals surface area contributed by atoms with Crippen LogP contribution < -0.4 is 14.8 Å². The predicted octanol–water partition coefficient (Wildman–Crippen LogP) is 2.71. The van der Waals surface area contributed by atoms with Crippen LogP contribution in [-0.4, -0.2) is 44.2 Å². The van der Waals surface area contributed by atoms with Crippen molar-refractivity contribution in [1.82, 2.24) is 10.2 Å². The zero-order valence-electron chi connectivity index (χ0n) is 14.9. The molecule has 2 aromatic rings. The normalized spacial score (nSPS) is 10.5. The standard InChI is InChI=1S/C20H26N2O3/c1-3-22(15-17-7-5-4-6-8-17)16-20(23)21-13-14-25-19-11-9-18(24-2)10-12-19/h4-12H,3,13-16H2,1-2H3,(H,21,23). The van der Waals surface area contributed by atoms with Gasteiger partial charge in [0.15, 0.2) is 0 Å². The first-order chi connectivity index (χ1) is 12.2. The van der Waals surface area contributed by atoms with Crippen molar-refractivity contribution >= 4 is 5.91 Å². The minimum absolute atomic E-state index is 0.0103. The summed E-state index contributed by atoms with van der Waals surface area (Å²) in [5, 5.41) is 2.90. The molecule has 0 radical (unpaired) electrons. The van der Waals surface area contributed by atoms with Crippen molar-refractivity contribution in [2.75, 3.05) is 33.4 Å². The maximum atomic E-state index is 12.1. The summed E-state index contributed by atoms with van der Waals surface area (Å²) >= 11 is 0. The molecule has 134 valence electrons. The lowest BCUT2D eigenvalue weighted by Gasteiger charge is -2.20. The van der Waals surface area contributed by atoms with Gasteiger partial charge in [0.05, 0.1) is 20.2 Å². The van der Waals surface area contributed by atoms with Gasteiger partial charge in [0.1, 0.15) is 18.1 Å². The molecule has 2 rings (SSSR count). The summed E-state index contributed by atoms with van der Waals surface area (Å²) in [6, 6.07) is 17.5. The van der Waals surface area contributed by atoms with E-state index in [1.165, 1.54) is 5.56 Å². The highest BCUT2D eigenvalue weighted by Crippen LogP contribution is 2.16. The Morgan fingerprint density at radius 3 is 2.36 bits per heavy atom. The quantitative estimate of drug-likeness (QED) is 0.675. The molecule has 0 spiro atoms. The number of ether oxygens (including phenoxy) is 2. The Labute approximate surface area is 149 Å². The van der Waals surface area contributed by atoms with E-state index in [0.29, 0.717) is 19.7 Å². The lowest BCUT2D eigenvalue weighted by molar-refractivity contribution is -0.122. The maximum absolute atomic E-state index is 12.1. The van der Waals surface area contributed by atoms with Gasteiger partial charge in [0.25, 0.3) is 0 Å². The molecule has 0 bridgehead atoms. The van der Waals surface area contributed by atoms with Crippen LogP contribution >= 0.6 is 0 Å². The van der Waals surface area contributed by atoms with Crippen LogP contribution in [0.1, 0.15) is 12.5 Å². The van der Waals surface area contributed by atoms with Gasteiger partial charge in [0, 0.05) is 6.54 Å². The van der Waals surface area contributed by atoms with E-state index in [0.717, 1.165) is 24.6 Å². The molecule has 0 atom stereocenters. The molecular weight excluding hydrogens is 316 g/mol. The van der Waals surface area contributed by atoms with E-state index in [1.54, 1.807) is 7.11 Å². The van der Waals surface area contributed by atoms with E-state index < -0.39 is 0 Å². The monoisotopic (exact) mass is 342 g/mol. The van der Waals surface area contributed by atoms with Gasteiger partial charge in [0.2, 0.25) is 5.91 Å². The van der Waals surface area contributed by atoms with Crippen LogP contribution in [-0.2, 0) is 11.3 Å². The predicted molar refractivity (Wildman–Crippen MR) is 98.9 cm³/mol. The first kappa shape index (κ1) is 18.8. The molecule has 0 aliphatic rings. The van der Waals surface area contributed by atoms with Gasteiger partial charge in [-0.1, -0.05) is 37.3 Å². The lowest BCUT2D eigenvalue weighted by Crippen LogP contribution is -2.38. The lowest BCUT2D eigenvalue weighted by atomic mass is 10.2. The Morgan fingerprint density at radius 2 is 1.72 bits per heavy atom. The van der Waals surface area contributed by atoms with Gasteiger partial charge in [-0.25, -0.2) is 0 Å². The second-order valence-electron chi connectivity index (χ2n) is 5.66. The third-order valence-corrected chi connectivity index (χ3v) is 3.82. The van der Waals surface area contributed by atoms with Gasteiger partial charge in [-0.2, -0.15) is 0 Å². The fourth-order valence-electron chi connectivity index (χ4n) is 2.41. The highest BCUT2D eigenvalue weighted by molar-refractivity contribution is 5.77. The number of carbonyl (C=O) groups excluding carboxylic acids is 1. The molecule has 0 saturated heterocycles. The van der Waals surface area contributed by atoms with Crippen LogP contribution in [0.3, 0.4) is 0 Å². The van der Waals surface area contributed by atoms with Gasteiger partial charge in [-0.15, -0.1) is 0 Å². The van der Waals surface area contributed by atoms with Crippen molar-refractivity contribution in [1.29, 1.82) is 0 Å². The van der Waals surface area contributed by atoms with E-state index in [4.69, 9.17) is 9.47 Å². The molecule has 0 unspecified atom stereocenters. The number of nitrogens with zero attached hydrogens (tertiary/aromatic N) is 1.